The fourth-order valence-electron chi connectivity index (χ4n) is 3.00. The van der Waals surface area contributed by atoms with E-state index in [-0.39, 0.29) is 0 Å². The van der Waals surface area contributed by atoms with Gasteiger partial charge in [-0.25, -0.2) is 0 Å². The second kappa shape index (κ2) is 5.31. The minimum absolute atomic E-state index is 0.512. The lowest BCUT2D eigenvalue weighted by molar-refractivity contribution is 0.106. The van der Waals surface area contributed by atoms with E-state index in [1.54, 1.807) is 0 Å². The number of rotatable bonds is 5. The van der Waals surface area contributed by atoms with Gasteiger partial charge in [0.2, 0.25) is 0 Å². The Hall–Kier alpha value is -0.0800. The maximum Gasteiger partial charge on any atom is 0.0586 e. The summed E-state index contributed by atoms with van der Waals surface area (Å²) in [5.41, 5.74) is 0. The molecule has 0 amide bonds. The van der Waals surface area contributed by atoms with Crippen LogP contribution in [0, 0.1) is 5.92 Å². The highest BCUT2D eigenvalue weighted by atomic mass is 16.5. The molecule has 0 heterocycles. The van der Waals surface area contributed by atoms with Gasteiger partial charge in [0.1, 0.15) is 0 Å². The summed E-state index contributed by atoms with van der Waals surface area (Å²) in [7, 11) is 1.84. The number of hydrogen-bond donors (Lipinski definition) is 1. The highest BCUT2D eigenvalue weighted by molar-refractivity contribution is 4.84. The van der Waals surface area contributed by atoms with Crippen LogP contribution in [-0.4, -0.2) is 25.3 Å². The predicted octanol–water partition coefficient (Wildman–Crippen LogP) is 2.72. The van der Waals surface area contributed by atoms with E-state index in [2.05, 4.69) is 12.2 Å². The van der Waals surface area contributed by atoms with E-state index in [1.165, 1.54) is 44.9 Å². The molecule has 15 heavy (non-hydrogen) atoms. The van der Waals surface area contributed by atoms with Gasteiger partial charge < -0.3 is 10.1 Å². The van der Waals surface area contributed by atoms with E-state index in [0.29, 0.717) is 18.2 Å². The summed E-state index contributed by atoms with van der Waals surface area (Å²) in [6.45, 7) is 2.35. The molecule has 1 N–H and O–H groups in total. The van der Waals surface area contributed by atoms with E-state index in [4.69, 9.17) is 4.74 Å². The van der Waals surface area contributed by atoms with Crippen LogP contribution in [0.5, 0.6) is 0 Å². The third-order valence-corrected chi connectivity index (χ3v) is 4.15. The van der Waals surface area contributed by atoms with Crippen molar-refractivity contribution in [2.45, 2.75) is 70.1 Å². The van der Waals surface area contributed by atoms with Crippen molar-refractivity contribution in [1.82, 2.24) is 5.32 Å². The van der Waals surface area contributed by atoms with E-state index in [0.717, 1.165) is 5.92 Å². The Labute approximate surface area is 93.8 Å². The summed E-state index contributed by atoms with van der Waals surface area (Å²) in [5, 5.41) is 3.76. The van der Waals surface area contributed by atoms with Crippen molar-refractivity contribution in [3.63, 3.8) is 0 Å². The van der Waals surface area contributed by atoms with Crippen molar-refractivity contribution in [3.8, 4) is 0 Å². The average molecular weight is 211 g/mol. The van der Waals surface area contributed by atoms with Gasteiger partial charge in [-0.05, 0) is 38.5 Å². The molecule has 3 unspecified atom stereocenters. The molecule has 2 saturated carbocycles. The highest BCUT2D eigenvalue weighted by Crippen LogP contribution is 2.31. The average Bonchev–Trinajstić information content (AvgIpc) is 2.59. The summed E-state index contributed by atoms with van der Waals surface area (Å²) in [5.74, 6) is 1.02. The monoisotopic (exact) mass is 211 g/mol. The van der Waals surface area contributed by atoms with Crippen molar-refractivity contribution in [2.24, 2.45) is 5.92 Å². The summed E-state index contributed by atoms with van der Waals surface area (Å²) < 4.78 is 5.40. The Morgan fingerprint density at radius 1 is 1.27 bits per heavy atom. The molecule has 0 aromatic heterocycles. The zero-order chi connectivity index (χ0) is 10.7. The Morgan fingerprint density at radius 2 is 2.07 bits per heavy atom. The van der Waals surface area contributed by atoms with Crippen LogP contribution < -0.4 is 5.32 Å². The fourth-order valence-corrected chi connectivity index (χ4v) is 3.00. The maximum absolute atomic E-state index is 5.40. The van der Waals surface area contributed by atoms with Crippen LogP contribution in [0.2, 0.25) is 0 Å². The molecule has 3 atom stereocenters. The Bertz CT molecular complexity index is 191. The summed E-state index contributed by atoms with van der Waals surface area (Å²) in [6.07, 6.45) is 10.1. The molecule has 0 radical (unpaired) electrons. The van der Waals surface area contributed by atoms with Gasteiger partial charge in [0.25, 0.3) is 0 Å². The first kappa shape index (κ1) is 11.4. The molecular formula is C13H25NO. The first-order valence-corrected chi connectivity index (χ1v) is 6.56. The van der Waals surface area contributed by atoms with Crippen LogP contribution in [0.3, 0.4) is 0 Å². The van der Waals surface area contributed by atoms with Gasteiger partial charge in [0.05, 0.1) is 6.10 Å². The molecule has 0 bridgehead atoms. The van der Waals surface area contributed by atoms with Crippen molar-refractivity contribution >= 4 is 0 Å². The number of hydrogen-bond acceptors (Lipinski definition) is 2. The van der Waals surface area contributed by atoms with Crippen molar-refractivity contribution < 1.29 is 4.74 Å². The number of nitrogens with one attached hydrogen (secondary N) is 1. The molecule has 0 spiro atoms. The largest absolute Gasteiger partial charge is 0.381 e. The Kier molecular flexibility index (Phi) is 4.04. The van der Waals surface area contributed by atoms with Gasteiger partial charge in [0, 0.05) is 19.2 Å². The molecule has 2 aliphatic carbocycles. The molecule has 2 aliphatic rings. The van der Waals surface area contributed by atoms with Crippen molar-refractivity contribution in [3.05, 3.63) is 0 Å². The second-order valence-corrected chi connectivity index (χ2v) is 5.47. The van der Waals surface area contributed by atoms with E-state index >= 15 is 0 Å². The summed E-state index contributed by atoms with van der Waals surface area (Å²) in [6, 6.07) is 1.42. The number of ether oxygens (including phenoxy) is 1. The quantitative estimate of drug-likeness (QED) is 0.755. The maximum atomic E-state index is 5.40. The van der Waals surface area contributed by atoms with Gasteiger partial charge >= 0.3 is 0 Å². The van der Waals surface area contributed by atoms with Crippen LogP contribution in [0.4, 0.5) is 0 Å². The summed E-state index contributed by atoms with van der Waals surface area (Å²) in [4.78, 5) is 0. The molecule has 0 saturated heterocycles. The molecule has 2 nitrogen and oxygen atoms in total. The zero-order valence-electron chi connectivity index (χ0n) is 10.2. The standard InChI is InChI=1S/C13H25NO/c1-10(8-11-4-3-5-11)14-12-6-7-13(9-12)15-2/h10-14H,3-9H2,1-2H3. The second-order valence-electron chi connectivity index (χ2n) is 5.47. The molecule has 0 aromatic carbocycles. The normalized spacial score (nSPS) is 34.0. The highest BCUT2D eigenvalue weighted by Gasteiger charge is 2.26. The molecule has 2 rings (SSSR count). The van der Waals surface area contributed by atoms with Crippen LogP contribution >= 0.6 is 0 Å². The van der Waals surface area contributed by atoms with E-state index in [1.807, 2.05) is 7.11 Å². The Morgan fingerprint density at radius 3 is 2.60 bits per heavy atom. The first-order valence-electron chi connectivity index (χ1n) is 6.56. The van der Waals surface area contributed by atoms with Crippen LogP contribution in [0.25, 0.3) is 0 Å². The molecular weight excluding hydrogens is 186 g/mol. The van der Waals surface area contributed by atoms with Gasteiger partial charge in [0.15, 0.2) is 0 Å². The van der Waals surface area contributed by atoms with Gasteiger partial charge in [-0.3, -0.25) is 0 Å². The fraction of sp³-hybridized carbons (Fsp3) is 1.00. The zero-order valence-corrected chi connectivity index (χ0v) is 10.2. The SMILES string of the molecule is COC1CCC(NC(C)CC2CCC2)C1. The van der Waals surface area contributed by atoms with Crippen molar-refractivity contribution in [2.75, 3.05) is 7.11 Å². The lowest BCUT2D eigenvalue weighted by Gasteiger charge is -2.30. The van der Waals surface area contributed by atoms with Crippen LogP contribution in [0.15, 0.2) is 0 Å². The third-order valence-electron chi connectivity index (χ3n) is 4.15. The van der Waals surface area contributed by atoms with E-state index in [9.17, 15) is 0 Å². The van der Waals surface area contributed by atoms with Gasteiger partial charge in [-0.15, -0.1) is 0 Å². The third kappa shape index (κ3) is 3.18. The topological polar surface area (TPSA) is 21.3 Å². The lowest BCUT2D eigenvalue weighted by Crippen LogP contribution is -2.37. The molecule has 2 heteroatoms. The minimum atomic E-state index is 0.512. The van der Waals surface area contributed by atoms with Crippen molar-refractivity contribution in [1.29, 1.82) is 0 Å². The predicted molar refractivity (Wildman–Crippen MR) is 63.0 cm³/mol. The van der Waals surface area contributed by atoms with E-state index < -0.39 is 0 Å². The number of methoxy groups -OCH3 is 1. The summed E-state index contributed by atoms with van der Waals surface area (Å²) >= 11 is 0. The molecule has 0 aliphatic heterocycles. The first-order chi connectivity index (χ1) is 7.28. The van der Waals surface area contributed by atoms with Gasteiger partial charge in [-0.2, -0.15) is 0 Å². The minimum Gasteiger partial charge on any atom is -0.381 e. The van der Waals surface area contributed by atoms with Crippen LogP contribution in [-0.2, 0) is 4.74 Å². The molecule has 2 fully saturated rings. The lowest BCUT2D eigenvalue weighted by atomic mass is 9.81. The smallest absolute Gasteiger partial charge is 0.0586 e. The Balaban J connectivity index is 1.63. The van der Waals surface area contributed by atoms with Crippen LogP contribution in [0.1, 0.15) is 51.9 Å². The van der Waals surface area contributed by atoms with Gasteiger partial charge in [-0.1, -0.05) is 19.3 Å². The molecule has 88 valence electrons. The molecule has 0 aromatic rings.